The van der Waals surface area contributed by atoms with Crippen LogP contribution in [0.3, 0.4) is 0 Å². The van der Waals surface area contributed by atoms with E-state index in [2.05, 4.69) is 0 Å². The number of hydrogen-bond donors (Lipinski definition) is 1. The van der Waals surface area contributed by atoms with E-state index in [4.69, 9.17) is 4.74 Å². The minimum Gasteiger partial charge on any atom is -0.494 e. The first-order valence-corrected chi connectivity index (χ1v) is 11.5. The highest BCUT2D eigenvalue weighted by Gasteiger charge is 2.71. The summed E-state index contributed by atoms with van der Waals surface area (Å²) < 4.78 is 5.37. The lowest BCUT2D eigenvalue weighted by molar-refractivity contribution is -0.384. The molecule has 1 saturated heterocycles. The number of imide groups is 1. The van der Waals surface area contributed by atoms with Crippen molar-refractivity contribution in [3.63, 3.8) is 0 Å². The first kappa shape index (κ1) is 22.0. The fourth-order valence-corrected chi connectivity index (χ4v) is 6.47. The molecule has 0 radical (unpaired) electrons. The van der Waals surface area contributed by atoms with Gasteiger partial charge in [-0.3, -0.25) is 24.5 Å². The minimum atomic E-state index is -1.80. The van der Waals surface area contributed by atoms with Gasteiger partial charge < -0.3 is 9.84 Å². The number of ether oxygens (including phenoxy) is 1. The molecule has 3 aromatic carbocycles. The summed E-state index contributed by atoms with van der Waals surface area (Å²) in [5.41, 5.74) is -0.131. The molecule has 3 aliphatic carbocycles. The molecule has 180 valence electrons. The predicted octanol–water partition coefficient (Wildman–Crippen LogP) is 3.63. The molecular formula is C27H20N2O7. The van der Waals surface area contributed by atoms with Gasteiger partial charge in [0, 0.05) is 5.92 Å². The predicted molar refractivity (Wildman–Crippen MR) is 127 cm³/mol. The smallest absolute Gasteiger partial charge is 0.319 e. The second-order valence-electron chi connectivity index (χ2n) is 9.12. The third-order valence-corrected chi connectivity index (χ3v) is 7.65. The summed E-state index contributed by atoms with van der Waals surface area (Å²) in [6.45, 7) is 2.01. The number of rotatable bonds is 5. The summed E-state index contributed by atoms with van der Waals surface area (Å²) in [7, 11) is 0. The van der Waals surface area contributed by atoms with Gasteiger partial charge in [-0.2, -0.15) is 0 Å². The van der Waals surface area contributed by atoms with E-state index in [-0.39, 0.29) is 18.0 Å². The van der Waals surface area contributed by atoms with Crippen molar-refractivity contribution in [2.45, 2.75) is 18.3 Å². The Kier molecular flexibility index (Phi) is 4.57. The number of carboxylic acids is 1. The Morgan fingerprint density at radius 3 is 2.19 bits per heavy atom. The molecule has 9 nitrogen and oxygen atoms in total. The number of amides is 2. The Hall–Kier alpha value is -4.53. The SMILES string of the molecule is CCOc1ccc(N2C(=O)[C@@H]3C4c5ccccc5C(C(=O)O)(c5ccccc54)[C@H]3C2=O)c([N+](=O)[O-])c1. The molecule has 3 aromatic rings. The molecule has 0 saturated carbocycles. The second-order valence-corrected chi connectivity index (χ2v) is 9.12. The number of nitro groups is 1. The Bertz CT molecular complexity index is 1450. The van der Waals surface area contributed by atoms with Crippen LogP contribution in [0.4, 0.5) is 11.4 Å². The molecule has 36 heavy (non-hydrogen) atoms. The first-order chi connectivity index (χ1) is 17.3. The van der Waals surface area contributed by atoms with E-state index in [1.165, 1.54) is 18.2 Å². The zero-order valence-corrected chi connectivity index (χ0v) is 19.1. The van der Waals surface area contributed by atoms with Crippen molar-refractivity contribution < 1.29 is 29.2 Å². The van der Waals surface area contributed by atoms with Crippen LogP contribution in [0, 0.1) is 22.0 Å². The van der Waals surface area contributed by atoms with E-state index in [1.54, 1.807) is 55.5 Å². The topological polar surface area (TPSA) is 127 Å². The van der Waals surface area contributed by atoms with Gasteiger partial charge in [0.2, 0.25) is 11.8 Å². The molecule has 1 N–H and O–H groups in total. The molecule has 2 bridgehead atoms. The minimum absolute atomic E-state index is 0.194. The van der Waals surface area contributed by atoms with E-state index in [0.29, 0.717) is 22.3 Å². The van der Waals surface area contributed by atoms with Crippen LogP contribution in [-0.4, -0.2) is 34.4 Å². The second kappa shape index (κ2) is 7.48. The number of carbonyl (C=O) groups is 3. The molecule has 1 heterocycles. The highest BCUT2D eigenvalue weighted by atomic mass is 16.6. The largest absolute Gasteiger partial charge is 0.494 e. The number of nitrogens with zero attached hydrogens (tertiary/aromatic N) is 2. The van der Waals surface area contributed by atoms with Gasteiger partial charge in [0.15, 0.2) is 0 Å². The average molecular weight is 484 g/mol. The van der Waals surface area contributed by atoms with Crippen LogP contribution in [0.1, 0.15) is 35.1 Å². The fourth-order valence-electron chi connectivity index (χ4n) is 6.47. The highest BCUT2D eigenvalue weighted by molar-refractivity contribution is 6.26. The zero-order chi connectivity index (χ0) is 25.4. The molecular weight excluding hydrogens is 464 g/mol. The molecule has 4 aliphatic rings. The summed E-state index contributed by atoms with van der Waals surface area (Å²) in [5, 5.41) is 22.7. The summed E-state index contributed by atoms with van der Waals surface area (Å²) in [5.74, 6) is -5.21. The summed E-state index contributed by atoms with van der Waals surface area (Å²) in [6, 6.07) is 17.9. The summed E-state index contributed by atoms with van der Waals surface area (Å²) in [4.78, 5) is 53.3. The van der Waals surface area contributed by atoms with Gasteiger partial charge in [0.1, 0.15) is 16.9 Å². The molecule has 2 atom stereocenters. The van der Waals surface area contributed by atoms with Crippen molar-refractivity contribution >= 4 is 29.2 Å². The third-order valence-electron chi connectivity index (χ3n) is 7.65. The Labute approximate surface area is 205 Å². The molecule has 2 amide bonds. The van der Waals surface area contributed by atoms with Gasteiger partial charge in [-0.1, -0.05) is 48.5 Å². The van der Waals surface area contributed by atoms with Gasteiger partial charge in [-0.05, 0) is 41.3 Å². The Morgan fingerprint density at radius 2 is 1.64 bits per heavy atom. The van der Waals surface area contributed by atoms with E-state index in [0.717, 1.165) is 4.90 Å². The van der Waals surface area contributed by atoms with E-state index in [1.807, 2.05) is 0 Å². The lowest BCUT2D eigenvalue weighted by Crippen LogP contribution is -2.57. The highest BCUT2D eigenvalue weighted by Crippen LogP contribution is 2.64. The van der Waals surface area contributed by atoms with Gasteiger partial charge in [-0.15, -0.1) is 0 Å². The molecule has 0 spiro atoms. The van der Waals surface area contributed by atoms with Crippen LogP contribution < -0.4 is 9.64 Å². The molecule has 0 aromatic heterocycles. The zero-order valence-electron chi connectivity index (χ0n) is 19.1. The maximum absolute atomic E-state index is 14.0. The molecule has 1 aliphatic heterocycles. The number of benzene rings is 3. The lowest BCUT2D eigenvalue weighted by Gasteiger charge is -2.51. The fraction of sp³-hybridized carbons (Fsp3) is 0.222. The average Bonchev–Trinajstić information content (AvgIpc) is 3.14. The molecule has 0 unspecified atom stereocenters. The Balaban J connectivity index is 1.61. The van der Waals surface area contributed by atoms with E-state index >= 15 is 0 Å². The van der Waals surface area contributed by atoms with Crippen molar-refractivity contribution in [3.05, 3.63) is 99.1 Å². The van der Waals surface area contributed by atoms with E-state index < -0.39 is 51.6 Å². The first-order valence-electron chi connectivity index (χ1n) is 11.5. The van der Waals surface area contributed by atoms with Gasteiger partial charge in [0.05, 0.1) is 29.4 Å². The number of carboxylic acid groups (broad SMARTS) is 1. The normalized spacial score (nSPS) is 25.2. The summed E-state index contributed by atoms with van der Waals surface area (Å²) in [6.07, 6.45) is 0. The maximum atomic E-state index is 14.0. The van der Waals surface area contributed by atoms with Crippen molar-refractivity contribution in [3.8, 4) is 5.75 Å². The van der Waals surface area contributed by atoms with Crippen molar-refractivity contribution in [1.82, 2.24) is 0 Å². The van der Waals surface area contributed by atoms with Crippen molar-refractivity contribution in [2.75, 3.05) is 11.5 Å². The van der Waals surface area contributed by atoms with E-state index in [9.17, 15) is 29.6 Å². The number of anilines is 1. The van der Waals surface area contributed by atoms with Crippen molar-refractivity contribution in [2.24, 2.45) is 11.8 Å². The molecule has 1 fully saturated rings. The summed E-state index contributed by atoms with van der Waals surface area (Å²) >= 11 is 0. The number of hydrogen-bond acceptors (Lipinski definition) is 6. The van der Waals surface area contributed by atoms with Crippen LogP contribution in [0.15, 0.2) is 66.7 Å². The van der Waals surface area contributed by atoms with Crippen molar-refractivity contribution in [1.29, 1.82) is 0 Å². The molecule has 7 rings (SSSR count). The maximum Gasteiger partial charge on any atom is 0.319 e. The molecule has 9 heteroatoms. The van der Waals surface area contributed by atoms with Crippen LogP contribution >= 0.6 is 0 Å². The van der Waals surface area contributed by atoms with Gasteiger partial charge in [-0.25, -0.2) is 4.90 Å². The quantitative estimate of drug-likeness (QED) is 0.333. The van der Waals surface area contributed by atoms with Gasteiger partial charge >= 0.3 is 5.97 Å². The lowest BCUT2D eigenvalue weighted by atomic mass is 9.47. The number of nitro benzene ring substituents is 1. The van der Waals surface area contributed by atoms with Crippen LogP contribution in [0.25, 0.3) is 0 Å². The van der Waals surface area contributed by atoms with Crippen LogP contribution in [0.2, 0.25) is 0 Å². The number of carbonyl (C=O) groups excluding carboxylic acids is 2. The van der Waals surface area contributed by atoms with Gasteiger partial charge in [0.25, 0.3) is 5.69 Å². The standard InChI is InChI=1S/C27H20N2O7/c1-2-36-14-11-12-19(20(13-14)29(34)35)28-24(30)22-21-15-7-3-5-9-17(15)27(26(32)33,23(22)25(28)31)18-10-6-4-8-16(18)21/h3-13,21-23H,2H2,1H3,(H,32,33)/t21?,22-,23-,27?/m1/s1. The van der Waals surface area contributed by atoms with Crippen LogP contribution in [0.5, 0.6) is 5.75 Å². The van der Waals surface area contributed by atoms with Crippen LogP contribution in [-0.2, 0) is 19.8 Å². The number of aliphatic carboxylic acids is 1. The monoisotopic (exact) mass is 484 g/mol. The Morgan fingerprint density at radius 1 is 1.03 bits per heavy atom. The third kappa shape index (κ3) is 2.51.